The van der Waals surface area contributed by atoms with E-state index in [1.165, 1.54) is 24.3 Å². The van der Waals surface area contributed by atoms with Gasteiger partial charge < -0.3 is 10.5 Å². The van der Waals surface area contributed by atoms with Gasteiger partial charge in [0.15, 0.2) is 5.13 Å². The molecule has 0 radical (unpaired) electrons. The van der Waals surface area contributed by atoms with E-state index in [1.54, 1.807) is 23.6 Å². The third-order valence-electron chi connectivity index (χ3n) is 3.43. The lowest BCUT2D eigenvalue weighted by molar-refractivity contribution is -0.140. The molecule has 0 aliphatic heterocycles. The molecule has 1 aromatic heterocycles. The highest BCUT2D eigenvalue weighted by atomic mass is 35.5. The number of anilines is 1. The maximum absolute atomic E-state index is 12.2. The van der Waals surface area contributed by atoms with E-state index in [1.807, 2.05) is 6.07 Å². The summed E-state index contributed by atoms with van der Waals surface area (Å²) in [5, 5.41) is 2.53. The van der Waals surface area contributed by atoms with Crippen LogP contribution in [-0.4, -0.2) is 31.7 Å². The first-order valence-corrected chi connectivity index (χ1v) is 10.9. The van der Waals surface area contributed by atoms with Crippen LogP contribution in [0.5, 0.6) is 0 Å². The van der Waals surface area contributed by atoms with Gasteiger partial charge in [-0.2, -0.15) is 0 Å². The van der Waals surface area contributed by atoms with Gasteiger partial charge in [0, 0.05) is 30.3 Å². The number of benzene rings is 1. The Hall–Kier alpha value is -1.94. The minimum Gasteiger partial charge on any atom is -0.465 e. The van der Waals surface area contributed by atoms with Gasteiger partial charge in [-0.1, -0.05) is 35.9 Å². The number of sulfonamides is 1. The van der Waals surface area contributed by atoms with Crippen molar-refractivity contribution in [3.8, 4) is 0 Å². The molecule has 0 amide bonds. The smallest absolute Gasteiger partial charge is 0.302 e. The van der Waals surface area contributed by atoms with Crippen molar-refractivity contribution < 1.29 is 17.9 Å². The van der Waals surface area contributed by atoms with Gasteiger partial charge in [0.05, 0.1) is 18.1 Å². The molecule has 0 fully saturated rings. The first kappa shape index (κ1) is 21.4. The third kappa shape index (κ3) is 6.94. The highest BCUT2D eigenvalue weighted by Gasteiger charge is 2.12. The zero-order valence-electron chi connectivity index (χ0n) is 14.6. The number of thiazole rings is 1. The molecule has 0 unspecified atom stereocenters. The van der Waals surface area contributed by atoms with Crippen molar-refractivity contribution in [3.05, 3.63) is 51.5 Å². The molecule has 0 aliphatic rings. The lowest BCUT2D eigenvalue weighted by Crippen LogP contribution is -2.15. The standard InChI is InChI=1S/C17H20ClN3O4S2/c1-12(22)25-8-7-14-11-26-17(20-14)21-27(23,24)9-3-5-13-4-2-6-16(18)15(13)10-19/h2-6,11H,7-10,19H2,1H3,(H,20,21). The summed E-state index contributed by atoms with van der Waals surface area (Å²) in [6.07, 6.45) is 3.64. The highest BCUT2D eigenvalue weighted by Crippen LogP contribution is 2.21. The van der Waals surface area contributed by atoms with Crippen LogP contribution >= 0.6 is 22.9 Å². The Morgan fingerprint density at radius 2 is 2.22 bits per heavy atom. The van der Waals surface area contributed by atoms with Crippen LogP contribution in [0.25, 0.3) is 6.08 Å². The second-order valence-corrected chi connectivity index (χ2v) is 8.56. The Morgan fingerprint density at radius 3 is 2.93 bits per heavy atom. The molecular weight excluding hydrogens is 410 g/mol. The van der Waals surface area contributed by atoms with Gasteiger partial charge in [-0.25, -0.2) is 13.4 Å². The normalized spacial score (nSPS) is 11.7. The molecule has 10 heteroatoms. The van der Waals surface area contributed by atoms with Crippen LogP contribution < -0.4 is 10.5 Å². The second kappa shape index (κ2) is 9.84. The van der Waals surface area contributed by atoms with Gasteiger partial charge in [0.2, 0.25) is 10.0 Å². The van der Waals surface area contributed by atoms with Crippen LogP contribution in [0.3, 0.4) is 0 Å². The Kier molecular flexibility index (Phi) is 7.78. The van der Waals surface area contributed by atoms with Crippen molar-refractivity contribution in [1.29, 1.82) is 0 Å². The zero-order chi connectivity index (χ0) is 19.9. The average Bonchev–Trinajstić information content (AvgIpc) is 3.01. The van der Waals surface area contributed by atoms with Gasteiger partial charge in [0.1, 0.15) is 0 Å². The predicted molar refractivity (Wildman–Crippen MR) is 108 cm³/mol. The summed E-state index contributed by atoms with van der Waals surface area (Å²) in [5.41, 5.74) is 7.88. The monoisotopic (exact) mass is 429 g/mol. The Labute approximate surface area is 167 Å². The molecule has 0 atom stereocenters. The number of rotatable bonds is 9. The van der Waals surface area contributed by atoms with E-state index in [-0.39, 0.29) is 30.0 Å². The van der Waals surface area contributed by atoms with Crippen molar-refractivity contribution in [1.82, 2.24) is 4.98 Å². The molecule has 7 nitrogen and oxygen atoms in total. The lowest BCUT2D eigenvalue weighted by atomic mass is 10.1. The fraction of sp³-hybridized carbons (Fsp3) is 0.294. The molecule has 3 N–H and O–H groups in total. The number of hydrogen-bond donors (Lipinski definition) is 2. The molecule has 1 aromatic carbocycles. The van der Waals surface area contributed by atoms with E-state index in [0.717, 1.165) is 11.1 Å². The van der Waals surface area contributed by atoms with E-state index >= 15 is 0 Å². The van der Waals surface area contributed by atoms with Crippen molar-refractivity contribution in [2.45, 2.75) is 19.9 Å². The maximum Gasteiger partial charge on any atom is 0.302 e. The van der Waals surface area contributed by atoms with E-state index in [4.69, 9.17) is 22.1 Å². The van der Waals surface area contributed by atoms with E-state index in [2.05, 4.69) is 9.71 Å². The van der Waals surface area contributed by atoms with Crippen molar-refractivity contribution in [3.63, 3.8) is 0 Å². The fourth-order valence-corrected chi connectivity index (χ4v) is 4.36. The Morgan fingerprint density at radius 1 is 1.44 bits per heavy atom. The molecule has 0 spiro atoms. The number of nitrogens with one attached hydrogen (secondary N) is 1. The maximum atomic E-state index is 12.2. The van der Waals surface area contributed by atoms with Gasteiger partial charge in [-0.3, -0.25) is 9.52 Å². The quantitative estimate of drug-likeness (QED) is 0.593. The van der Waals surface area contributed by atoms with Gasteiger partial charge >= 0.3 is 5.97 Å². The van der Waals surface area contributed by atoms with Gasteiger partial charge in [-0.05, 0) is 17.2 Å². The zero-order valence-corrected chi connectivity index (χ0v) is 17.0. The van der Waals surface area contributed by atoms with Crippen LogP contribution in [0.15, 0.2) is 29.7 Å². The van der Waals surface area contributed by atoms with Crippen LogP contribution in [0, 0.1) is 0 Å². The number of hydrogen-bond acceptors (Lipinski definition) is 7. The Bertz CT molecular complexity index is 926. The molecule has 0 saturated carbocycles. The molecule has 146 valence electrons. The van der Waals surface area contributed by atoms with Gasteiger partial charge in [0.25, 0.3) is 0 Å². The Balaban J connectivity index is 1.95. The van der Waals surface area contributed by atoms with Crippen LogP contribution in [0.4, 0.5) is 5.13 Å². The van der Waals surface area contributed by atoms with Crippen LogP contribution in [0.1, 0.15) is 23.7 Å². The minimum atomic E-state index is -3.59. The van der Waals surface area contributed by atoms with E-state index in [9.17, 15) is 13.2 Å². The van der Waals surface area contributed by atoms with Crippen molar-refractivity contribution in [2.24, 2.45) is 5.73 Å². The first-order valence-electron chi connectivity index (χ1n) is 8.03. The number of esters is 1. The molecule has 0 bridgehead atoms. The number of carbonyl (C=O) groups is 1. The fourth-order valence-electron chi connectivity index (χ4n) is 2.19. The van der Waals surface area contributed by atoms with Crippen LogP contribution in [-0.2, 0) is 32.5 Å². The number of halogens is 1. The summed E-state index contributed by atoms with van der Waals surface area (Å²) >= 11 is 7.26. The minimum absolute atomic E-state index is 0.205. The summed E-state index contributed by atoms with van der Waals surface area (Å²) in [5.74, 6) is -0.582. The highest BCUT2D eigenvalue weighted by molar-refractivity contribution is 7.93. The van der Waals surface area contributed by atoms with Gasteiger partial charge in [-0.15, -0.1) is 11.3 Å². The molecular formula is C17H20ClN3O4S2. The molecule has 2 rings (SSSR count). The number of ether oxygens (including phenoxy) is 1. The van der Waals surface area contributed by atoms with Crippen molar-refractivity contribution in [2.75, 3.05) is 17.1 Å². The average molecular weight is 430 g/mol. The van der Waals surface area contributed by atoms with Crippen LogP contribution in [0.2, 0.25) is 5.02 Å². The SMILES string of the molecule is CC(=O)OCCc1csc(NS(=O)(=O)CC=Cc2cccc(Cl)c2CN)n1. The summed E-state index contributed by atoms with van der Waals surface area (Å²) < 4.78 is 31.7. The second-order valence-electron chi connectivity index (χ2n) is 5.53. The predicted octanol–water partition coefficient (Wildman–Crippen LogP) is 2.82. The summed E-state index contributed by atoms with van der Waals surface area (Å²) in [6, 6.07) is 5.34. The molecule has 0 aliphatic carbocycles. The third-order valence-corrected chi connectivity index (χ3v) is 5.86. The first-order chi connectivity index (χ1) is 12.8. The summed E-state index contributed by atoms with van der Waals surface area (Å²) in [4.78, 5) is 14.9. The van der Waals surface area contributed by atoms with E-state index < -0.39 is 10.0 Å². The topological polar surface area (TPSA) is 111 Å². The number of nitrogens with zero attached hydrogens (tertiary/aromatic N) is 1. The number of nitrogens with two attached hydrogens (primary N) is 1. The number of aromatic nitrogens is 1. The number of carbonyl (C=O) groups excluding carboxylic acids is 1. The van der Waals surface area contributed by atoms with Crippen molar-refractivity contribution >= 4 is 50.1 Å². The molecule has 1 heterocycles. The molecule has 27 heavy (non-hydrogen) atoms. The summed E-state index contributed by atoms with van der Waals surface area (Å²) in [6.45, 7) is 1.80. The molecule has 0 saturated heterocycles. The largest absolute Gasteiger partial charge is 0.465 e. The summed E-state index contributed by atoms with van der Waals surface area (Å²) in [7, 11) is -3.59. The van der Waals surface area contributed by atoms with E-state index in [0.29, 0.717) is 17.1 Å². The molecule has 2 aromatic rings. The lowest BCUT2D eigenvalue weighted by Gasteiger charge is -2.06.